The molecule has 1 aromatic carbocycles. The average molecular weight is 506 g/mol. The Morgan fingerprint density at radius 3 is 2.55 bits per heavy atom. The molecule has 0 radical (unpaired) electrons. The molecule has 3 rings (SSSR count). The number of carbonyl (C=O) groups is 1. The van der Waals surface area contributed by atoms with Gasteiger partial charge in [-0.3, -0.25) is 0 Å². The van der Waals surface area contributed by atoms with Crippen LogP contribution < -0.4 is 4.74 Å². The fourth-order valence-electron chi connectivity index (χ4n) is 2.99. The van der Waals surface area contributed by atoms with Gasteiger partial charge in [0.15, 0.2) is 0 Å². The van der Waals surface area contributed by atoms with Gasteiger partial charge >= 0.3 is 12.3 Å². The molecule has 2 aromatic rings. The molecular weight excluding hydrogens is 486 g/mol. The van der Waals surface area contributed by atoms with E-state index in [0.717, 1.165) is 12.1 Å². The van der Waals surface area contributed by atoms with Gasteiger partial charge in [0.1, 0.15) is 28.6 Å². The van der Waals surface area contributed by atoms with E-state index in [1.807, 2.05) is 0 Å². The summed E-state index contributed by atoms with van der Waals surface area (Å²) in [5, 5.41) is 0.221. The van der Waals surface area contributed by atoms with Gasteiger partial charge in [0, 0.05) is 12.1 Å². The molecule has 0 aliphatic carbocycles. The number of hydrogen-bond acceptors (Lipinski definition) is 5. The van der Waals surface area contributed by atoms with Crippen molar-refractivity contribution in [1.82, 2.24) is 14.9 Å². The minimum atomic E-state index is -4.81. The second kappa shape index (κ2) is 8.60. The number of fused-ring (bicyclic) bond motifs is 1. The summed E-state index contributed by atoms with van der Waals surface area (Å²) in [5.74, 6) is -1.38. The lowest BCUT2D eigenvalue weighted by atomic mass is 10.1. The monoisotopic (exact) mass is 505 g/mol. The summed E-state index contributed by atoms with van der Waals surface area (Å²) in [5.41, 5.74) is -0.977. The van der Waals surface area contributed by atoms with Crippen LogP contribution in [0.25, 0.3) is 0 Å². The van der Waals surface area contributed by atoms with Crippen LogP contribution in [-0.4, -0.2) is 33.1 Å². The second-order valence-electron chi connectivity index (χ2n) is 7.90. The van der Waals surface area contributed by atoms with E-state index in [9.17, 15) is 22.4 Å². The number of carbonyl (C=O) groups excluding carboxylic acids is 1. The number of ether oxygens (including phenoxy) is 2. The molecule has 1 amide bonds. The Morgan fingerprint density at radius 1 is 1.23 bits per heavy atom. The first-order valence-corrected chi connectivity index (χ1v) is 10.5. The molecule has 0 spiro atoms. The molecule has 0 saturated heterocycles. The first kappa shape index (κ1) is 23.2. The van der Waals surface area contributed by atoms with E-state index in [1.165, 1.54) is 4.90 Å². The lowest BCUT2D eigenvalue weighted by Gasteiger charge is -2.31. The molecule has 0 N–H and O–H groups in total. The van der Waals surface area contributed by atoms with Crippen molar-refractivity contribution < 1.29 is 31.8 Å². The molecule has 0 bridgehead atoms. The quantitative estimate of drug-likeness (QED) is 0.400. The average Bonchev–Trinajstić information content (AvgIpc) is 2.66. The van der Waals surface area contributed by atoms with E-state index < -0.39 is 35.0 Å². The van der Waals surface area contributed by atoms with Gasteiger partial charge in [0.05, 0.1) is 17.6 Å². The smallest absolute Gasteiger partial charge is 0.420 e. The van der Waals surface area contributed by atoms with Gasteiger partial charge in [-0.25, -0.2) is 14.2 Å². The van der Waals surface area contributed by atoms with Crippen LogP contribution in [0.4, 0.5) is 22.4 Å². The molecule has 6 nitrogen and oxygen atoms in total. The number of benzene rings is 1. The lowest BCUT2D eigenvalue weighted by Crippen LogP contribution is -2.40. The van der Waals surface area contributed by atoms with Gasteiger partial charge in [-0.05, 0) is 45.4 Å². The SMILES string of the molecule is CC(C)(C)OC(=O)N1CCc2c(nc(CBr)nc2Oc2ccc(F)cc2C(F)(F)F)C1. The summed E-state index contributed by atoms with van der Waals surface area (Å²) in [6.45, 7) is 5.60. The maximum absolute atomic E-state index is 13.4. The molecule has 0 fully saturated rings. The third-order valence-electron chi connectivity index (χ3n) is 4.30. The number of alkyl halides is 4. The number of hydrogen-bond donors (Lipinski definition) is 0. The van der Waals surface area contributed by atoms with Gasteiger partial charge in [0.2, 0.25) is 5.88 Å². The predicted molar refractivity (Wildman–Crippen MR) is 106 cm³/mol. The number of halogens is 5. The van der Waals surface area contributed by atoms with E-state index in [0.29, 0.717) is 17.3 Å². The Labute approximate surface area is 184 Å². The van der Waals surface area contributed by atoms with Gasteiger partial charge in [-0.1, -0.05) is 15.9 Å². The Morgan fingerprint density at radius 2 is 1.94 bits per heavy atom. The van der Waals surface area contributed by atoms with Crippen LogP contribution in [0.5, 0.6) is 11.6 Å². The molecule has 1 aliphatic heterocycles. The molecule has 0 saturated carbocycles. The fraction of sp³-hybridized carbons (Fsp3) is 0.450. The summed E-state index contributed by atoms with van der Waals surface area (Å²) >= 11 is 3.23. The first-order chi connectivity index (χ1) is 14.4. The summed E-state index contributed by atoms with van der Waals surface area (Å²) in [4.78, 5) is 22.4. The van der Waals surface area contributed by atoms with Crippen molar-refractivity contribution in [3.05, 3.63) is 46.7 Å². The van der Waals surface area contributed by atoms with Gasteiger partial charge in [-0.2, -0.15) is 18.2 Å². The topological polar surface area (TPSA) is 64.5 Å². The van der Waals surface area contributed by atoms with Crippen molar-refractivity contribution in [3.63, 3.8) is 0 Å². The third kappa shape index (κ3) is 5.63. The van der Waals surface area contributed by atoms with E-state index in [1.54, 1.807) is 20.8 Å². The van der Waals surface area contributed by atoms with Crippen LogP contribution in [0.3, 0.4) is 0 Å². The highest BCUT2D eigenvalue weighted by molar-refractivity contribution is 9.08. The van der Waals surface area contributed by atoms with Crippen LogP contribution in [0.1, 0.15) is 43.4 Å². The number of rotatable bonds is 3. The highest BCUT2D eigenvalue weighted by atomic mass is 79.9. The van der Waals surface area contributed by atoms with Crippen LogP contribution in [0, 0.1) is 5.82 Å². The van der Waals surface area contributed by atoms with Crippen molar-refractivity contribution in [2.24, 2.45) is 0 Å². The lowest BCUT2D eigenvalue weighted by molar-refractivity contribution is -0.138. The van der Waals surface area contributed by atoms with Crippen LogP contribution in [0.2, 0.25) is 0 Å². The molecule has 11 heteroatoms. The van der Waals surface area contributed by atoms with Gasteiger partial charge in [-0.15, -0.1) is 0 Å². The van der Waals surface area contributed by atoms with Crippen LogP contribution in [0.15, 0.2) is 18.2 Å². The van der Waals surface area contributed by atoms with Crippen molar-refractivity contribution in [2.45, 2.75) is 50.8 Å². The molecule has 2 heterocycles. The van der Waals surface area contributed by atoms with Gasteiger partial charge in [0.25, 0.3) is 0 Å². The molecule has 0 atom stereocenters. The second-order valence-corrected chi connectivity index (χ2v) is 8.46. The first-order valence-electron chi connectivity index (χ1n) is 9.34. The molecular formula is C20H20BrF4N3O3. The normalized spacial score (nSPS) is 14.3. The van der Waals surface area contributed by atoms with E-state index >= 15 is 0 Å². The number of aromatic nitrogens is 2. The predicted octanol–water partition coefficient (Wildman–Crippen LogP) is 5.61. The zero-order valence-corrected chi connectivity index (χ0v) is 18.6. The molecule has 1 aromatic heterocycles. The van der Waals surface area contributed by atoms with Crippen LogP contribution in [-0.2, 0) is 29.2 Å². The van der Waals surface area contributed by atoms with E-state index in [2.05, 4.69) is 25.9 Å². The Bertz CT molecular complexity index is 993. The molecule has 0 unspecified atom stereocenters. The fourth-order valence-corrected chi connectivity index (χ4v) is 3.24. The largest absolute Gasteiger partial charge is 0.444 e. The highest BCUT2D eigenvalue weighted by Crippen LogP contribution is 2.39. The standard InChI is InChI=1S/C20H20BrF4N3O3/c1-19(2,3)31-18(29)28-7-6-12-14(10-28)26-16(9-21)27-17(12)30-15-5-4-11(22)8-13(15)20(23,24)25/h4-5,8H,6-7,9-10H2,1-3H3. The summed E-state index contributed by atoms with van der Waals surface area (Å²) in [6.07, 6.45) is -5.07. The number of nitrogens with zero attached hydrogens (tertiary/aromatic N) is 3. The van der Waals surface area contributed by atoms with Crippen molar-refractivity contribution in [2.75, 3.05) is 6.54 Å². The molecule has 1 aliphatic rings. The third-order valence-corrected chi connectivity index (χ3v) is 4.80. The summed E-state index contributed by atoms with van der Waals surface area (Å²) < 4.78 is 64.3. The Hall–Kier alpha value is -2.43. The molecule has 168 valence electrons. The zero-order chi connectivity index (χ0) is 23.0. The summed E-state index contributed by atoms with van der Waals surface area (Å²) in [7, 11) is 0. The Balaban J connectivity index is 1.95. The van der Waals surface area contributed by atoms with E-state index in [-0.39, 0.29) is 36.5 Å². The van der Waals surface area contributed by atoms with Crippen molar-refractivity contribution in [1.29, 1.82) is 0 Å². The maximum Gasteiger partial charge on any atom is 0.420 e. The minimum absolute atomic E-state index is 0.0552. The van der Waals surface area contributed by atoms with Gasteiger partial charge < -0.3 is 14.4 Å². The molecule has 31 heavy (non-hydrogen) atoms. The summed E-state index contributed by atoms with van der Waals surface area (Å²) in [6, 6.07) is 2.17. The number of amides is 1. The van der Waals surface area contributed by atoms with E-state index in [4.69, 9.17) is 9.47 Å². The highest BCUT2D eigenvalue weighted by Gasteiger charge is 2.36. The van der Waals surface area contributed by atoms with Crippen LogP contribution >= 0.6 is 15.9 Å². The van der Waals surface area contributed by atoms with Crippen molar-refractivity contribution in [3.8, 4) is 11.6 Å². The maximum atomic E-state index is 13.4. The van der Waals surface area contributed by atoms with Crippen molar-refractivity contribution >= 4 is 22.0 Å². The zero-order valence-electron chi connectivity index (χ0n) is 17.0. The Kier molecular flexibility index (Phi) is 6.45. The minimum Gasteiger partial charge on any atom is -0.444 e.